The predicted octanol–water partition coefficient (Wildman–Crippen LogP) is 2.24. The van der Waals surface area contributed by atoms with Gasteiger partial charge in [-0.15, -0.1) is 0 Å². The number of halogens is 2. The second-order valence-electron chi connectivity index (χ2n) is 4.36. The van der Waals surface area contributed by atoms with E-state index in [1.165, 1.54) is 12.1 Å². The lowest BCUT2D eigenvalue weighted by atomic mass is 10.2. The third-order valence-corrected chi connectivity index (χ3v) is 2.88. The molecule has 0 aliphatic carbocycles. The molecule has 0 saturated carbocycles. The van der Waals surface area contributed by atoms with Crippen molar-refractivity contribution in [1.29, 1.82) is 0 Å². The van der Waals surface area contributed by atoms with Gasteiger partial charge in [0.15, 0.2) is 17.4 Å². The van der Waals surface area contributed by atoms with Crippen LogP contribution in [0.15, 0.2) is 12.1 Å². The molecule has 1 aliphatic rings. The van der Waals surface area contributed by atoms with Gasteiger partial charge in [0.05, 0.1) is 6.10 Å². The fourth-order valence-electron chi connectivity index (χ4n) is 2.01. The van der Waals surface area contributed by atoms with Gasteiger partial charge < -0.3 is 14.8 Å². The molecule has 100 valence electrons. The topological polar surface area (TPSA) is 30.5 Å². The lowest BCUT2D eigenvalue weighted by Gasteiger charge is -2.13. The van der Waals surface area contributed by atoms with Crippen LogP contribution in [0.25, 0.3) is 0 Å². The van der Waals surface area contributed by atoms with Crippen LogP contribution in [0.2, 0.25) is 0 Å². The van der Waals surface area contributed by atoms with E-state index in [1.807, 2.05) is 0 Å². The Balaban J connectivity index is 2.02. The molecule has 1 aliphatic heterocycles. The van der Waals surface area contributed by atoms with Gasteiger partial charge in [-0.2, -0.15) is 0 Å². The van der Waals surface area contributed by atoms with Crippen LogP contribution >= 0.6 is 0 Å². The average Bonchev–Trinajstić information content (AvgIpc) is 2.81. The maximum absolute atomic E-state index is 13.7. The highest BCUT2D eigenvalue weighted by atomic mass is 19.1. The van der Waals surface area contributed by atoms with Crippen LogP contribution in [0.4, 0.5) is 8.78 Å². The van der Waals surface area contributed by atoms with Crippen molar-refractivity contribution in [3.8, 4) is 5.75 Å². The van der Waals surface area contributed by atoms with Crippen LogP contribution in [0.3, 0.4) is 0 Å². The van der Waals surface area contributed by atoms with Crippen molar-refractivity contribution in [2.24, 2.45) is 0 Å². The van der Waals surface area contributed by atoms with Crippen LogP contribution < -0.4 is 10.1 Å². The molecular formula is C13H17F2NO2. The SMILES string of the molecule is CNCc1cc(F)c(OCC2CCCO2)c(F)c1. The molecule has 2 rings (SSSR count). The second-order valence-corrected chi connectivity index (χ2v) is 4.36. The van der Waals surface area contributed by atoms with Crippen LogP contribution in [0.5, 0.6) is 5.75 Å². The minimum atomic E-state index is -0.668. The zero-order valence-corrected chi connectivity index (χ0v) is 10.3. The standard InChI is InChI=1S/C13H17F2NO2/c1-16-7-9-5-11(14)13(12(15)6-9)18-8-10-3-2-4-17-10/h5-6,10,16H,2-4,7-8H2,1H3. The molecule has 0 radical (unpaired) electrons. The smallest absolute Gasteiger partial charge is 0.190 e. The highest BCUT2D eigenvalue weighted by Gasteiger charge is 2.19. The highest BCUT2D eigenvalue weighted by Crippen LogP contribution is 2.24. The predicted molar refractivity (Wildman–Crippen MR) is 63.6 cm³/mol. The van der Waals surface area contributed by atoms with Crippen molar-refractivity contribution in [3.05, 3.63) is 29.3 Å². The molecule has 0 spiro atoms. The molecule has 1 aromatic rings. The first-order chi connectivity index (χ1) is 8.70. The zero-order chi connectivity index (χ0) is 13.0. The average molecular weight is 257 g/mol. The molecule has 0 bridgehead atoms. The summed E-state index contributed by atoms with van der Waals surface area (Å²) >= 11 is 0. The summed E-state index contributed by atoms with van der Waals surface area (Å²) in [6.45, 7) is 1.30. The lowest BCUT2D eigenvalue weighted by Crippen LogP contribution is -2.17. The Morgan fingerprint density at radius 3 is 2.67 bits per heavy atom. The van der Waals surface area contributed by atoms with Crippen molar-refractivity contribution in [3.63, 3.8) is 0 Å². The van der Waals surface area contributed by atoms with E-state index < -0.39 is 11.6 Å². The molecule has 0 aromatic heterocycles. The Labute approximate surface area is 105 Å². The highest BCUT2D eigenvalue weighted by molar-refractivity contribution is 5.31. The first-order valence-electron chi connectivity index (χ1n) is 6.07. The van der Waals surface area contributed by atoms with Crippen LogP contribution in [0.1, 0.15) is 18.4 Å². The van der Waals surface area contributed by atoms with Gasteiger partial charge in [0.25, 0.3) is 0 Å². The minimum absolute atomic E-state index is 0.0548. The van der Waals surface area contributed by atoms with Crippen molar-refractivity contribution >= 4 is 0 Å². The molecule has 18 heavy (non-hydrogen) atoms. The van der Waals surface area contributed by atoms with Gasteiger partial charge in [0.1, 0.15) is 6.61 Å². The molecule has 1 aromatic carbocycles. The van der Waals surface area contributed by atoms with Gasteiger partial charge in [0.2, 0.25) is 0 Å². The summed E-state index contributed by atoms with van der Waals surface area (Å²) < 4.78 is 37.9. The Kier molecular flexibility index (Phi) is 4.49. The minimum Gasteiger partial charge on any atom is -0.485 e. The van der Waals surface area contributed by atoms with Crippen molar-refractivity contribution in [2.75, 3.05) is 20.3 Å². The van der Waals surface area contributed by atoms with Crippen molar-refractivity contribution < 1.29 is 18.3 Å². The molecule has 1 heterocycles. The summed E-state index contributed by atoms with van der Waals surface area (Å²) in [5, 5.41) is 2.84. The van der Waals surface area contributed by atoms with Crippen LogP contribution in [0, 0.1) is 11.6 Å². The van der Waals surface area contributed by atoms with E-state index in [1.54, 1.807) is 7.05 Å². The van der Waals surface area contributed by atoms with E-state index in [0.717, 1.165) is 12.8 Å². The molecule has 3 nitrogen and oxygen atoms in total. The van der Waals surface area contributed by atoms with Gasteiger partial charge in [-0.05, 0) is 37.6 Å². The normalized spacial score (nSPS) is 19.2. The first kappa shape index (κ1) is 13.2. The monoisotopic (exact) mass is 257 g/mol. The van der Waals surface area contributed by atoms with Gasteiger partial charge in [0, 0.05) is 13.2 Å². The maximum atomic E-state index is 13.7. The third kappa shape index (κ3) is 3.17. The van der Waals surface area contributed by atoms with E-state index in [9.17, 15) is 8.78 Å². The molecular weight excluding hydrogens is 240 g/mol. The Bertz CT molecular complexity index is 383. The van der Waals surface area contributed by atoms with Gasteiger partial charge in [-0.25, -0.2) is 8.78 Å². The quantitative estimate of drug-likeness (QED) is 0.877. The van der Waals surface area contributed by atoms with E-state index in [0.29, 0.717) is 18.7 Å². The molecule has 1 saturated heterocycles. The first-order valence-corrected chi connectivity index (χ1v) is 6.07. The maximum Gasteiger partial charge on any atom is 0.190 e. The Morgan fingerprint density at radius 1 is 1.39 bits per heavy atom. The molecule has 1 atom stereocenters. The van der Waals surface area contributed by atoms with E-state index in [2.05, 4.69) is 5.32 Å². The fraction of sp³-hybridized carbons (Fsp3) is 0.538. The molecule has 0 amide bonds. The number of hydrogen-bond acceptors (Lipinski definition) is 3. The van der Waals surface area contributed by atoms with Gasteiger partial charge in [-0.3, -0.25) is 0 Å². The third-order valence-electron chi connectivity index (χ3n) is 2.88. The summed E-state index contributed by atoms with van der Waals surface area (Å²) in [5.74, 6) is -1.65. The fourth-order valence-corrected chi connectivity index (χ4v) is 2.01. The van der Waals surface area contributed by atoms with E-state index in [4.69, 9.17) is 9.47 Å². The summed E-state index contributed by atoms with van der Waals surface area (Å²) in [6.07, 6.45) is 1.79. The molecule has 1 unspecified atom stereocenters. The summed E-state index contributed by atoms with van der Waals surface area (Å²) in [4.78, 5) is 0. The molecule has 1 fully saturated rings. The van der Waals surface area contributed by atoms with Gasteiger partial charge in [-0.1, -0.05) is 0 Å². The van der Waals surface area contributed by atoms with Gasteiger partial charge >= 0.3 is 0 Å². The van der Waals surface area contributed by atoms with Crippen molar-refractivity contribution in [2.45, 2.75) is 25.5 Å². The zero-order valence-electron chi connectivity index (χ0n) is 10.3. The summed E-state index contributed by atoms with van der Waals surface area (Å²) in [5.41, 5.74) is 0.553. The lowest BCUT2D eigenvalue weighted by molar-refractivity contribution is 0.0650. The molecule has 5 heteroatoms. The Hall–Kier alpha value is -1.20. The number of ether oxygens (including phenoxy) is 2. The van der Waals surface area contributed by atoms with Crippen LogP contribution in [-0.4, -0.2) is 26.4 Å². The van der Waals surface area contributed by atoms with Crippen molar-refractivity contribution in [1.82, 2.24) is 5.32 Å². The number of nitrogens with one attached hydrogen (secondary N) is 1. The van der Waals surface area contributed by atoms with E-state index >= 15 is 0 Å². The summed E-state index contributed by atoms with van der Waals surface area (Å²) in [6, 6.07) is 2.56. The molecule has 1 N–H and O–H groups in total. The van der Waals surface area contributed by atoms with Crippen LogP contribution in [-0.2, 0) is 11.3 Å². The largest absolute Gasteiger partial charge is 0.485 e. The number of rotatable bonds is 5. The summed E-state index contributed by atoms with van der Waals surface area (Å²) in [7, 11) is 1.72. The number of hydrogen-bond donors (Lipinski definition) is 1. The Morgan fingerprint density at radius 2 is 2.11 bits per heavy atom. The van der Waals surface area contributed by atoms with E-state index in [-0.39, 0.29) is 18.5 Å². The second kappa shape index (κ2) is 6.11. The number of benzene rings is 1.